The largest absolute Gasteiger partial charge is 0.405 e. The number of benzene rings is 2. The molecule has 4 nitrogen and oxygen atoms in total. The maximum Gasteiger partial charge on any atom is 0.405 e. The zero-order valence-corrected chi connectivity index (χ0v) is 12.9. The smallest absolute Gasteiger partial charge is 0.343 e. The third-order valence-electron chi connectivity index (χ3n) is 2.96. The van der Waals surface area contributed by atoms with E-state index in [9.17, 15) is 22.8 Å². The van der Waals surface area contributed by atoms with Crippen molar-refractivity contribution in [2.45, 2.75) is 6.18 Å². The number of alkyl halides is 3. The average Bonchev–Trinajstić information content (AvgIpc) is 2.53. The summed E-state index contributed by atoms with van der Waals surface area (Å²) in [5.74, 6) is -1.22. The number of rotatable bonds is 4. The number of amides is 2. The Morgan fingerprint density at radius 2 is 1.38 bits per heavy atom. The molecule has 2 aromatic rings. The first-order valence-corrected chi connectivity index (χ1v) is 7.14. The van der Waals surface area contributed by atoms with E-state index in [4.69, 9.17) is 11.6 Å². The van der Waals surface area contributed by atoms with E-state index in [1.165, 1.54) is 24.3 Å². The summed E-state index contributed by atoms with van der Waals surface area (Å²) in [6, 6.07) is 11.8. The van der Waals surface area contributed by atoms with Crippen LogP contribution in [0.2, 0.25) is 5.02 Å². The number of nitrogens with one attached hydrogen (secondary N) is 2. The lowest BCUT2D eigenvalue weighted by Gasteiger charge is -2.09. The molecule has 126 valence electrons. The van der Waals surface area contributed by atoms with Gasteiger partial charge >= 0.3 is 6.18 Å². The molecule has 8 heteroatoms. The summed E-state index contributed by atoms with van der Waals surface area (Å²) in [5, 5.41) is 4.87. The Morgan fingerprint density at radius 3 is 1.92 bits per heavy atom. The van der Waals surface area contributed by atoms with Crippen molar-refractivity contribution >= 4 is 29.1 Å². The van der Waals surface area contributed by atoms with Gasteiger partial charge in [-0.3, -0.25) is 9.59 Å². The van der Waals surface area contributed by atoms with E-state index in [0.717, 1.165) is 0 Å². The van der Waals surface area contributed by atoms with E-state index in [2.05, 4.69) is 5.32 Å². The maximum atomic E-state index is 12.1. The first kappa shape index (κ1) is 17.8. The topological polar surface area (TPSA) is 58.2 Å². The minimum atomic E-state index is -4.47. The second-order valence-corrected chi connectivity index (χ2v) is 5.27. The number of hydrogen-bond donors (Lipinski definition) is 2. The lowest BCUT2D eigenvalue weighted by atomic mass is 10.1. The van der Waals surface area contributed by atoms with Crippen LogP contribution in [0.3, 0.4) is 0 Å². The van der Waals surface area contributed by atoms with Gasteiger partial charge in [0.15, 0.2) is 0 Å². The van der Waals surface area contributed by atoms with Crippen molar-refractivity contribution < 1.29 is 22.8 Å². The Kier molecular flexibility index (Phi) is 5.46. The van der Waals surface area contributed by atoms with E-state index < -0.39 is 18.6 Å². The fourth-order valence-corrected chi connectivity index (χ4v) is 1.92. The average molecular weight is 357 g/mol. The minimum Gasteiger partial charge on any atom is -0.343 e. The van der Waals surface area contributed by atoms with Gasteiger partial charge in [-0.15, -0.1) is 0 Å². The Morgan fingerprint density at radius 1 is 0.875 bits per heavy atom. The molecule has 0 aliphatic rings. The molecule has 2 N–H and O–H groups in total. The Balaban J connectivity index is 1.97. The molecule has 0 atom stereocenters. The van der Waals surface area contributed by atoms with Crippen LogP contribution in [0.15, 0.2) is 48.5 Å². The van der Waals surface area contributed by atoms with Gasteiger partial charge in [0.05, 0.1) is 0 Å². The highest BCUT2D eigenvalue weighted by molar-refractivity contribution is 6.30. The first-order valence-electron chi connectivity index (χ1n) is 6.76. The molecule has 0 aliphatic heterocycles. The first-order chi connectivity index (χ1) is 11.2. The van der Waals surface area contributed by atoms with Crippen molar-refractivity contribution in [3.05, 3.63) is 64.7 Å². The van der Waals surface area contributed by atoms with Gasteiger partial charge in [0.25, 0.3) is 11.8 Å². The second kappa shape index (κ2) is 7.35. The highest BCUT2D eigenvalue weighted by atomic mass is 35.5. The molecule has 0 unspecified atom stereocenters. The molecule has 0 fully saturated rings. The van der Waals surface area contributed by atoms with Crippen molar-refractivity contribution in [2.75, 3.05) is 11.9 Å². The minimum absolute atomic E-state index is 0.0590. The van der Waals surface area contributed by atoms with Crippen molar-refractivity contribution in [2.24, 2.45) is 0 Å². The molecular weight excluding hydrogens is 345 g/mol. The Labute approximate surface area is 140 Å². The molecule has 0 aliphatic carbocycles. The lowest BCUT2D eigenvalue weighted by Crippen LogP contribution is -2.33. The van der Waals surface area contributed by atoms with E-state index in [-0.39, 0.29) is 11.5 Å². The summed E-state index contributed by atoms with van der Waals surface area (Å²) in [6.07, 6.45) is -4.47. The Hall–Kier alpha value is -2.54. The highest BCUT2D eigenvalue weighted by Crippen LogP contribution is 2.15. The summed E-state index contributed by atoms with van der Waals surface area (Å²) < 4.78 is 36.2. The summed E-state index contributed by atoms with van der Waals surface area (Å²) in [4.78, 5) is 23.6. The number of hydrogen-bond acceptors (Lipinski definition) is 2. The van der Waals surface area contributed by atoms with Gasteiger partial charge in [0.2, 0.25) is 0 Å². The van der Waals surface area contributed by atoms with Crippen LogP contribution in [0.4, 0.5) is 18.9 Å². The molecular formula is C16H12ClF3N2O2. The third-order valence-corrected chi connectivity index (χ3v) is 3.21. The van der Waals surface area contributed by atoms with Crippen LogP contribution in [-0.2, 0) is 0 Å². The molecule has 2 rings (SSSR count). The van der Waals surface area contributed by atoms with Crippen LogP contribution in [0, 0.1) is 0 Å². The number of anilines is 1. The summed E-state index contributed by atoms with van der Waals surface area (Å²) >= 11 is 5.74. The van der Waals surface area contributed by atoms with Gasteiger partial charge in [-0.05, 0) is 48.5 Å². The quantitative estimate of drug-likeness (QED) is 0.873. The number of carbonyl (C=O) groups excluding carboxylic acids is 2. The zero-order valence-electron chi connectivity index (χ0n) is 12.2. The third kappa shape index (κ3) is 5.27. The maximum absolute atomic E-state index is 12.1. The molecule has 2 amide bonds. The van der Waals surface area contributed by atoms with E-state index >= 15 is 0 Å². The van der Waals surface area contributed by atoms with Crippen LogP contribution < -0.4 is 10.6 Å². The lowest BCUT2D eigenvalue weighted by molar-refractivity contribution is -0.123. The Bertz CT molecular complexity index is 728. The van der Waals surface area contributed by atoms with Crippen LogP contribution in [-0.4, -0.2) is 24.5 Å². The normalized spacial score (nSPS) is 11.0. The van der Waals surface area contributed by atoms with Gasteiger partial charge in [0, 0.05) is 21.8 Å². The van der Waals surface area contributed by atoms with Crippen LogP contribution >= 0.6 is 11.6 Å². The SMILES string of the molecule is O=C(NCC(F)(F)F)c1ccc(NC(=O)c2ccc(Cl)cc2)cc1. The highest BCUT2D eigenvalue weighted by Gasteiger charge is 2.27. The summed E-state index contributed by atoms with van der Waals surface area (Å²) in [7, 11) is 0. The summed E-state index contributed by atoms with van der Waals surface area (Å²) in [5.41, 5.74) is 0.859. The van der Waals surface area contributed by atoms with Gasteiger partial charge in [0.1, 0.15) is 6.54 Å². The summed E-state index contributed by atoms with van der Waals surface area (Å²) in [6.45, 7) is -1.40. The fourth-order valence-electron chi connectivity index (χ4n) is 1.79. The van der Waals surface area contributed by atoms with Gasteiger partial charge in [-0.25, -0.2) is 0 Å². The van der Waals surface area contributed by atoms with E-state index in [0.29, 0.717) is 16.3 Å². The standard InChI is InChI=1S/C16H12ClF3N2O2/c17-12-5-1-11(2-6-12)15(24)22-13-7-3-10(4-8-13)14(23)21-9-16(18,19)20/h1-8H,9H2,(H,21,23)(H,22,24). The zero-order chi connectivity index (χ0) is 17.7. The van der Waals surface area contributed by atoms with Crippen LogP contribution in [0.5, 0.6) is 0 Å². The van der Waals surface area contributed by atoms with Crippen molar-refractivity contribution in [3.63, 3.8) is 0 Å². The molecule has 2 aromatic carbocycles. The fraction of sp³-hybridized carbons (Fsp3) is 0.125. The monoisotopic (exact) mass is 356 g/mol. The predicted octanol–water partition coefficient (Wildman–Crippen LogP) is 3.88. The van der Waals surface area contributed by atoms with Crippen molar-refractivity contribution in [1.82, 2.24) is 5.32 Å². The molecule has 0 saturated heterocycles. The molecule has 0 heterocycles. The van der Waals surface area contributed by atoms with Gasteiger partial charge in [-0.2, -0.15) is 13.2 Å². The van der Waals surface area contributed by atoms with Crippen molar-refractivity contribution in [1.29, 1.82) is 0 Å². The molecule has 24 heavy (non-hydrogen) atoms. The number of carbonyl (C=O) groups is 2. The number of halogens is 4. The molecule has 0 spiro atoms. The molecule has 0 bridgehead atoms. The predicted molar refractivity (Wildman–Crippen MR) is 84.2 cm³/mol. The van der Waals surface area contributed by atoms with E-state index in [1.54, 1.807) is 29.6 Å². The molecule has 0 aromatic heterocycles. The molecule has 0 saturated carbocycles. The van der Waals surface area contributed by atoms with Crippen molar-refractivity contribution in [3.8, 4) is 0 Å². The van der Waals surface area contributed by atoms with Crippen LogP contribution in [0.25, 0.3) is 0 Å². The van der Waals surface area contributed by atoms with E-state index in [1.807, 2.05) is 0 Å². The van der Waals surface area contributed by atoms with Crippen LogP contribution in [0.1, 0.15) is 20.7 Å². The molecule has 0 radical (unpaired) electrons. The van der Waals surface area contributed by atoms with Gasteiger partial charge < -0.3 is 10.6 Å². The second-order valence-electron chi connectivity index (χ2n) is 4.84. The van der Waals surface area contributed by atoms with Gasteiger partial charge in [-0.1, -0.05) is 11.6 Å².